The van der Waals surface area contributed by atoms with E-state index in [9.17, 15) is 18.0 Å². The van der Waals surface area contributed by atoms with Gasteiger partial charge in [-0.05, 0) is 35.4 Å². The summed E-state index contributed by atoms with van der Waals surface area (Å²) in [6, 6.07) is 28.2. The van der Waals surface area contributed by atoms with Crippen LogP contribution in [0.1, 0.15) is 22.6 Å². The molecule has 2 heterocycles. The minimum atomic E-state index is -4.57. The maximum absolute atomic E-state index is 13.9. The van der Waals surface area contributed by atoms with Gasteiger partial charge >= 0.3 is 6.18 Å². The molecule has 0 saturated carbocycles. The normalized spacial score (nSPS) is 15.8. The summed E-state index contributed by atoms with van der Waals surface area (Å²) in [7, 11) is 0. The molecular formula is C28H20F3N3OS. The van der Waals surface area contributed by atoms with Gasteiger partial charge in [0.25, 0.3) is 0 Å². The zero-order chi connectivity index (χ0) is 24.9. The molecule has 1 amide bonds. The molecule has 0 aliphatic carbocycles. The summed E-state index contributed by atoms with van der Waals surface area (Å²) in [5.41, 5.74) is 2.65. The predicted octanol–water partition coefficient (Wildman–Crippen LogP) is 7.43. The maximum atomic E-state index is 13.9. The van der Waals surface area contributed by atoms with Crippen molar-refractivity contribution < 1.29 is 18.0 Å². The molecule has 6 rings (SSSR count). The molecule has 4 aromatic carbocycles. The van der Waals surface area contributed by atoms with Crippen LogP contribution in [0.5, 0.6) is 0 Å². The highest BCUT2D eigenvalue weighted by Gasteiger charge is 2.42. The van der Waals surface area contributed by atoms with Gasteiger partial charge < -0.3 is 15.5 Å². The molecule has 0 radical (unpaired) electrons. The zero-order valence-electron chi connectivity index (χ0n) is 18.8. The van der Waals surface area contributed by atoms with Crippen molar-refractivity contribution in [2.75, 3.05) is 15.5 Å². The van der Waals surface area contributed by atoms with Crippen LogP contribution in [0.15, 0.2) is 102 Å². The lowest BCUT2D eigenvalue weighted by molar-refractivity contribution is -0.137. The number of thioether (sulfide) groups is 1. The number of amides is 1. The van der Waals surface area contributed by atoms with E-state index in [0.29, 0.717) is 10.6 Å². The van der Waals surface area contributed by atoms with Crippen molar-refractivity contribution in [1.82, 2.24) is 0 Å². The third-order valence-electron chi connectivity index (χ3n) is 6.35. The first kappa shape index (κ1) is 22.5. The van der Waals surface area contributed by atoms with Crippen molar-refractivity contribution in [1.29, 1.82) is 0 Å². The Morgan fingerprint density at radius 1 is 0.861 bits per heavy atom. The molecule has 2 aliphatic heterocycles. The van der Waals surface area contributed by atoms with Gasteiger partial charge in [-0.1, -0.05) is 84.6 Å². The fourth-order valence-electron chi connectivity index (χ4n) is 4.74. The van der Waals surface area contributed by atoms with Gasteiger partial charge in [0.2, 0.25) is 5.91 Å². The number of alkyl halides is 3. The molecule has 4 aromatic rings. The average molecular weight is 504 g/mol. The third-order valence-corrected chi connectivity index (χ3v) is 7.57. The zero-order valence-corrected chi connectivity index (χ0v) is 19.6. The summed E-state index contributed by atoms with van der Waals surface area (Å²) >= 11 is 1.39. The maximum Gasteiger partial charge on any atom is 0.416 e. The highest BCUT2D eigenvalue weighted by molar-refractivity contribution is 8.00. The number of hydrogen-bond acceptors (Lipinski definition) is 4. The second-order valence-corrected chi connectivity index (χ2v) is 9.71. The molecule has 8 heteroatoms. The van der Waals surface area contributed by atoms with E-state index < -0.39 is 23.6 Å². The number of rotatable bonds is 4. The molecule has 36 heavy (non-hydrogen) atoms. The number of benzene rings is 4. The van der Waals surface area contributed by atoms with Crippen molar-refractivity contribution in [3.63, 3.8) is 0 Å². The van der Waals surface area contributed by atoms with Crippen LogP contribution in [-0.2, 0) is 11.0 Å². The Balaban J connectivity index is 1.43. The lowest BCUT2D eigenvalue weighted by Gasteiger charge is -2.21. The first-order valence-electron chi connectivity index (χ1n) is 11.4. The lowest BCUT2D eigenvalue weighted by atomic mass is 9.90. The van der Waals surface area contributed by atoms with E-state index in [1.165, 1.54) is 11.8 Å². The van der Waals surface area contributed by atoms with Crippen molar-refractivity contribution in [2.24, 2.45) is 0 Å². The number of para-hydroxylation sites is 2. The van der Waals surface area contributed by atoms with E-state index in [0.717, 1.165) is 34.6 Å². The van der Waals surface area contributed by atoms with E-state index in [1.54, 1.807) is 0 Å². The number of hydrogen-bond donors (Lipinski definition) is 2. The van der Waals surface area contributed by atoms with Gasteiger partial charge in [0.15, 0.2) is 5.50 Å². The van der Waals surface area contributed by atoms with E-state index in [4.69, 9.17) is 0 Å². The summed E-state index contributed by atoms with van der Waals surface area (Å²) < 4.78 is 41.8. The van der Waals surface area contributed by atoms with Crippen molar-refractivity contribution in [3.8, 4) is 0 Å². The minimum absolute atomic E-state index is 0.153. The summed E-state index contributed by atoms with van der Waals surface area (Å²) in [5.74, 6) is -1.07. The van der Waals surface area contributed by atoms with Gasteiger partial charge in [-0.2, -0.15) is 13.2 Å². The van der Waals surface area contributed by atoms with Gasteiger partial charge in [-0.3, -0.25) is 4.79 Å². The van der Waals surface area contributed by atoms with Crippen LogP contribution in [0, 0.1) is 0 Å². The number of anilines is 4. The van der Waals surface area contributed by atoms with Crippen molar-refractivity contribution >= 4 is 40.4 Å². The first-order valence-corrected chi connectivity index (χ1v) is 12.3. The Kier molecular flexibility index (Phi) is 5.41. The number of fused-ring (bicyclic) bond motifs is 5. The highest BCUT2D eigenvalue weighted by Crippen LogP contribution is 2.57. The van der Waals surface area contributed by atoms with Crippen molar-refractivity contribution in [2.45, 2.75) is 22.5 Å². The summed E-state index contributed by atoms with van der Waals surface area (Å²) in [6.45, 7) is 0. The topological polar surface area (TPSA) is 44.4 Å². The van der Waals surface area contributed by atoms with Gasteiger partial charge in [-0.15, -0.1) is 0 Å². The fraction of sp³-hybridized carbons (Fsp3) is 0.107. The summed E-state index contributed by atoms with van der Waals surface area (Å²) in [6.07, 6.45) is -4.57. The number of carbonyl (C=O) groups is 1. The van der Waals surface area contributed by atoms with Crippen molar-refractivity contribution in [3.05, 3.63) is 114 Å². The summed E-state index contributed by atoms with van der Waals surface area (Å²) in [5, 5.41) is 6.20. The molecule has 1 atom stereocenters. The SMILES string of the molecule is O=C(Nc1cc(C(F)(F)F)cc2c1SC1Nc3ccccc3N21)C(c1ccccc1)c1ccccc1. The van der Waals surface area contributed by atoms with Crippen LogP contribution in [0.3, 0.4) is 0 Å². The van der Waals surface area contributed by atoms with Gasteiger partial charge in [0, 0.05) is 0 Å². The van der Waals surface area contributed by atoms with E-state index in [2.05, 4.69) is 10.6 Å². The lowest BCUT2D eigenvalue weighted by Crippen LogP contribution is -2.24. The van der Waals surface area contributed by atoms with E-state index in [1.807, 2.05) is 89.8 Å². The minimum Gasteiger partial charge on any atom is -0.354 e. The third kappa shape index (κ3) is 3.87. The fourth-order valence-corrected chi connectivity index (χ4v) is 6.00. The van der Waals surface area contributed by atoms with Gasteiger partial charge in [0.05, 0.1) is 39.1 Å². The number of carbonyl (C=O) groups excluding carboxylic acids is 1. The average Bonchev–Trinajstić information content (AvgIpc) is 3.41. The van der Waals surface area contributed by atoms with Crippen LogP contribution in [-0.4, -0.2) is 11.4 Å². The molecule has 0 saturated heterocycles. The monoisotopic (exact) mass is 503 g/mol. The number of halogens is 3. The Hall–Kier alpha value is -3.91. The second-order valence-electron chi connectivity index (χ2n) is 8.62. The molecule has 2 aliphatic rings. The largest absolute Gasteiger partial charge is 0.416 e. The molecule has 4 nitrogen and oxygen atoms in total. The van der Waals surface area contributed by atoms with Crippen LogP contribution in [0.25, 0.3) is 0 Å². The van der Waals surface area contributed by atoms with Crippen LogP contribution in [0.4, 0.5) is 35.9 Å². The van der Waals surface area contributed by atoms with E-state index in [-0.39, 0.29) is 11.2 Å². The first-order chi connectivity index (χ1) is 17.4. The smallest absolute Gasteiger partial charge is 0.354 e. The quantitative estimate of drug-likeness (QED) is 0.304. The Labute approximate surface area is 210 Å². The molecule has 0 bridgehead atoms. The number of nitrogens with one attached hydrogen (secondary N) is 2. The van der Waals surface area contributed by atoms with Gasteiger partial charge in [0.1, 0.15) is 0 Å². The Morgan fingerprint density at radius 2 is 1.47 bits per heavy atom. The standard InChI is InChI=1S/C28H20F3N3OS/c29-28(30,31)19-15-21(25-23(16-19)34-22-14-8-7-13-20(22)33-27(34)36-25)32-26(35)24(17-9-3-1-4-10-17)18-11-5-2-6-12-18/h1-16,24,27,33H,(H,32,35). The number of nitrogens with zero attached hydrogens (tertiary/aromatic N) is 1. The van der Waals surface area contributed by atoms with E-state index >= 15 is 0 Å². The van der Waals surface area contributed by atoms with Crippen LogP contribution < -0.4 is 15.5 Å². The molecule has 0 spiro atoms. The summed E-state index contributed by atoms with van der Waals surface area (Å²) in [4.78, 5) is 16.1. The second kappa shape index (κ2) is 8.64. The molecule has 0 fully saturated rings. The van der Waals surface area contributed by atoms with Crippen LogP contribution >= 0.6 is 11.8 Å². The molecule has 1 unspecified atom stereocenters. The Bertz CT molecular complexity index is 1400. The molecular weight excluding hydrogens is 483 g/mol. The molecule has 0 aromatic heterocycles. The van der Waals surface area contributed by atoms with Gasteiger partial charge in [-0.25, -0.2) is 0 Å². The van der Waals surface area contributed by atoms with Crippen LogP contribution in [0.2, 0.25) is 0 Å². The highest BCUT2D eigenvalue weighted by atomic mass is 32.2. The molecule has 180 valence electrons. The molecule has 2 N–H and O–H groups in total. The predicted molar refractivity (Wildman–Crippen MR) is 137 cm³/mol. The Morgan fingerprint density at radius 3 is 2.11 bits per heavy atom.